The van der Waals surface area contributed by atoms with Gasteiger partial charge in [-0.15, -0.1) is 10.2 Å². The summed E-state index contributed by atoms with van der Waals surface area (Å²) in [6.07, 6.45) is -5.51. The number of benzene rings is 2. The topological polar surface area (TPSA) is 89.6 Å². The zero-order valence-corrected chi connectivity index (χ0v) is 17.2. The van der Waals surface area contributed by atoms with Gasteiger partial charge in [-0.25, -0.2) is 0 Å². The van der Waals surface area contributed by atoms with Crippen LogP contribution in [-0.2, 0) is 12.8 Å². The van der Waals surface area contributed by atoms with E-state index in [-0.39, 0.29) is 29.0 Å². The molecule has 0 saturated carbocycles. The number of methoxy groups -OCH3 is 1. The molecule has 1 aromatic heterocycles. The van der Waals surface area contributed by atoms with Crippen molar-refractivity contribution in [3.63, 3.8) is 0 Å². The second kappa shape index (κ2) is 10.0. The molecule has 3 aromatic rings. The Hall–Kier alpha value is -2.76. The van der Waals surface area contributed by atoms with E-state index in [0.717, 1.165) is 23.9 Å². The number of hydrogen-bond donors (Lipinski definition) is 2. The summed E-state index contributed by atoms with van der Waals surface area (Å²) in [6, 6.07) is 11.6. The Bertz CT molecular complexity index is 996. The van der Waals surface area contributed by atoms with Crippen LogP contribution in [0.4, 0.5) is 13.2 Å². The largest absolute Gasteiger partial charge is 0.497 e. The zero-order valence-electron chi connectivity index (χ0n) is 16.4. The lowest BCUT2D eigenvalue weighted by Crippen LogP contribution is -2.15. The van der Waals surface area contributed by atoms with Crippen molar-refractivity contribution in [1.82, 2.24) is 14.8 Å². The SMILES string of the molecule is COc1ccc(OCc2nnc(SCC(O)CO)n2-c2cccc(C(F)(F)F)c2)cc1. The summed E-state index contributed by atoms with van der Waals surface area (Å²) in [5.74, 6) is 1.54. The fourth-order valence-electron chi connectivity index (χ4n) is 2.61. The molecule has 2 aromatic carbocycles. The van der Waals surface area contributed by atoms with Gasteiger partial charge >= 0.3 is 6.18 Å². The summed E-state index contributed by atoms with van der Waals surface area (Å²) in [5, 5.41) is 27.0. The molecule has 0 fully saturated rings. The highest BCUT2D eigenvalue weighted by atomic mass is 32.2. The highest BCUT2D eigenvalue weighted by Crippen LogP contribution is 2.32. The van der Waals surface area contributed by atoms with Crippen LogP contribution in [0.3, 0.4) is 0 Å². The van der Waals surface area contributed by atoms with Crippen molar-refractivity contribution >= 4 is 11.8 Å². The molecule has 1 atom stereocenters. The van der Waals surface area contributed by atoms with E-state index in [4.69, 9.17) is 14.6 Å². The van der Waals surface area contributed by atoms with Gasteiger partial charge in [-0.05, 0) is 42.5 Å². The number of aromatic nitrogens is 3. The van der Waals surface area contributed by atoms with E-state index in [9.17, 15) is 18.3 Å². The molecule has 31 heavy (non-hydrogen) atoms. The lowest BCUT2D eigenvalue weighted by molar-refractivity contribution is -0.137. The third-order valence-corrected chi connectivity index (χ3v) is 5.25. The first-order chi connectivity index (χ1) is 14.8. The van der Waals surface area contributed by atoms with E-state index in [1.165, 1.54) is 16.7 Å². The normalized spacial score (nSPS) is 12.6. The van der Waals surface area contributed by atoms with Crippen LogP contribution < -0.4 is 9.47 Å². The molecule has 11 heteroatoms. The molecule has 3 rings (SSSR count). The van der Waals surface area contributed by atoms with Crippen LogP contribution >= 0.6 is 11.8 Å². The number of alkyl halides is 3. The van der Waals surface area contributed by atoms with Gasteiger partial charge in [0.15, 0.2) is 11.0 Å². The highest BCUT2D eigenvalue weighted by Gasteiger charge is 2.31. The third-order valence-electron chi connectivity index (χ3n) is 4.17. The maximum absolute atomic E-state index is 13.2. The smallest absolute Gasteiger partial charge is 0.416 e. The molecule has 7 nitrogen and oxygen atoms in total. The minimum Gasteiger partial charge on any atom is -0.497 e. The van der Waals surface area contributed by atoms with Crippen LogP contribution in [0, 0.1) is 0 Å². The number of halogens is 3. The van der Waals surface area contributed by atoms with Crippen molar-refractivity contribution in [3.8, 4) is 17.2 Å². The van der Waals surface area contributed by atoms with Crippen LogP contribution in [0.1, 0.15) is 11.4 Å². The molecule has 0 spiro atoms. The highest BCUT2D eigenvalue weighted by molar-refractivity contribution is 7.99. The standard InChI is InChI=1S/C20H20F3N3O4S/c1-29-16-5-7-17(8-6-16)30-11-18-24-25-19(31-12-15(28)10-27)26(18)14-4-2-3-13(9-14)20(21,22)23/h2-9,15,27-28H,10-12H2,1H3. The number of hydrogen-bond acceptors (Lipinski definition) is 7. The average molecular weight is 455 g/mol. The van der Waals surface area contributed by atoms with E-state index < -0.39 is 24.5 Å². The molecule has 166 valence electrons. The minimum atomic E-state index is -4.51. The third kappa shape index (κ3) is 5.90. The van der Waals surface area contributed by atoms with Crippen molar-refractivity contribution < 1.29 is 32.9 Å². The van der Waals surface area contributed by atoms with Crippen LogP contribution in [-0.4, -0.2) is 50.6 Å². The van der Waals surface area contributed by atoms with Gasteiger partial charge < -0.3 is 19.7 Å². The molecule has 0 aliphatic heterocycles. The molecule has 0 radical (unpaired) electrons. The molecular formula is C20H20F3N3O4S. The first-order valence-electron chi connectivity index (χ1n) is 9.12. The van der Waals surface area contributed by atoms with Crippen molar-refractivity contribution in [2.45, 2.75) is 24.0 Å². The van der Waals surface area contributed by atoms with E-state index in [1.807, 2.05) is 0 Å². The predicted octanol–water partition coefficient (Wildman–Crippen LogP) is 3.32. The monoisotopic (exact) mass is 455 g/mol. The number of rotatable bonds is 9. The molecule has 1 unspecified atom stereocenters. The van der Waals surface area contributed by atoms with E-state index in [2.05, 4.69) is 10.2 Å². The maximum atomic E-state index is 13.2. The fourth-order valence-corrected chi connectivity index (χ4v) is 3.50. The molecular weight excluding hydrogens is 435 g/mol. The Morgan fingerprint density at radius 2 is 1.81 bits per heavy atom. The molecule has 0 aliphatic rings. The second-order valence-corrected chi connectivity index (χ2v) is 7.38. The minimum absolute atomic E-state index is 0.0569. The lowest BCUT2D eigenvalue weighted by Gasteiger charge is -2.14. The number of thioether (sulfide) groups is 1. The van der Waals surface area contributed by atoms with Gasteiger partial charge in [0.1, 0.15) is 18.1 Å². The van der Waals surface area contributed by atoms with Crippen molar-refractivity contribution in [2.75, 3.05) is 19.5 Å². The Morgan fingerprint density at radius 3 is 2.45 bits per heavy atom. The first kappa shape index (κ1) is 22.9. The van der Waals surface area contributed by atoms with Crippen LogP contribution in [0.25, 0.3) is 5.69 Å². The lowest BCUT2D eigenvalue weighted by atomic mass is 10.2. The van der Waals surface area contributed by atoms with Gasteiger partial charge in [0.25, 0.3) is 0 Å². The Labute approximate surface area is 180 Å². The summed E-state index contributed by atoms with van der Waals surface area (Å²) in [4.78, 5) is 0. The van der Waals surface area contributed by atoms with E-state index in [1.54, 1.807) is 31.4 Å². The Balaban J connectivity index is 1.90. The predicted molar refractivity (Wildman–Crippen MR) is 108 cm³/mol. The molecule has 0 aliphatic carbocycles. The van der Waals surface area contributed by atoms with Gasteiger partial charge in [-0.2, -0.15) is 13.2 Å². The number of ether oxygens (including phenoxy) is 2. The van der Waals surface area contributed by atoms with Crippen LogP contribution in [0.2, 0.25) is 0 Å². The molecule has 0 amide bonds. The molecule has 2 N–H and O–H groups in total. The number of aliphatic hydroxyl groups is 2. The quantitative estimate of drug-likeness (QED) is 0.479. The van der Waals surface area contributed by atoms with Gasteiger partial charge in [-0.1, -0.05) is 17.8 Å². The van der Waals surface area contributed by atoms with Gasteiger partial charge in [-0.3, -0.25) is 4.57 Å². The number of aliphatic hydroxyl groups excluding tert-OH is 2. The van der Waals surface area contributed by atoms with Crippen molar-refractivity contribution in [2.24, 2.45) is 0 Å². The second-order valence-electron chi connectivity index (χ2n) is 6.39. The van der Waals surface area contributed by atoms with Gasteiger partial charge in [0.05, 0.1) is 31.1 Å². The zero-order chi connectivity index (χ0) is 22.4. The summed E-state index contributed by atoms with van der Waals surface area (Å²) in [7, 11) is 1.54. The van der Waals surface area contributed by atoms with Gasteiger partial charge in [0, 0.05) is 5.75 Å². The Kier molecular flexibility index (Phi) is 7.42. The van der Waals surface area contributed by atoms with Crippen molar-refractivity contribution in [1.29, 1.82) is 0 Å². The number of nitrogens with zero attached hydrogens (tertiary/aromatic N) is 3. The summed E-state index contributed by atoms with van der Waals surface area (Å²) >= 11 is 1.06. The summed E-state index contributed by atoms with van der Waals surface area (Å²) in [6.45, 7) is -0.503. The summed E-state index contributed by atoms with van der Waals surface area (Å²) in [5.41, 5.74) is -0.610. The van der Waals surface area contributed by atoms with Crippen molar-refractivity contribution in [3.05, 3.63) is 59.9 Å². The Morgan fingerprint density at radius 1 is 1.10 bits per heavy atom. The van der Waals surface area contributed by atoms with Crippen LogP contribution in [0.15, 0.2) is 53.7 Å². The molecule has 0 bridgehead atoms. The first-order valence-corrected chi connectivity index (χ1v) is 10.1. The molecule has 1 heterocycles. The molecule has 0 saturated heterocycles. The van der Waals surface area contributed by atoms with E-state index in [0.29, 0.717) is 11.5 Å². The average Bonchev–Trinajstić information content (AvgIpc) is 3.18. The summed E-state index contributed by atoms with van der Waals surface area (Å²) < 4.78 is 51.8. The van der Waals surface area contributed by atoms with E-state index >= 15 is 0 Å². The fraction of sp³-hybridized carbons (Fsp3) is 0.300. The van der Waals surface area contributed by atoms with Gasteiger partial charge in [0.2, 0.25) is 0 Å². The maximum Gasteiger partial charge on any atom is 0.416 e. The van der Waals surface area contributed by atoms with Crippen LogP contribution in [0.5, 0.6) is 11.5 Å².